The first kappa shape index (κ1) is 110. The van der Waals surface area contributed by atoms with Crippen molar-refractivity contribution in [3.8, 4) is 0 Å². The van der Waals surface area contributed by atoms with Gasteiger partial charge < -0.3 is 33.8 Å². The van der Waals surface area contributed by atoms with Gasteiger partial charge in [0.2, 0.25) is 0 Å². The monoisotopic (exact) mass is 1630 g/mol. The molecule has 0 radical (unpaired) electrons. The molecule has 0 aliphatic heterocycles. The van der Waals surface area contributed by atoms with Gasteiger partial charge >= 0.3 is 39.5 Å². The van der Waals surface area contributed by atoms with Gasteiger partial charge in [0.05, 0.1) is 26.4 Å². The van der Waals surface area contributed by atoms with Crippen LogP contribution in [0, 0.1) is 5.92 Å². The molecule has 0 aliphatic carbocycles. The second kappa shape index (κ2) is 85.5. The topological polar surface area (TPSA) is 237 Å². The molecule has 0 aliphatic rings. The van der Waals surface area contributed by atoms with Crippen molar-refractivity contribution in [2.45, 2.75) is 528 Å². The predicted molar refractivity (Wildman–Crippen MR) is 465 cm³/mol. The van der Waals surface area contributed by atoms with Crippen LogP contribution in [0.4, 0.5) is 0 Å². The number of carbonyl (C=O) groups excluding carboxylic acids is 4. The zero-order valence-corrected chi connectivity index (χ0v) is 75.6. The van der Waals surface area contributed by atoms with Crippen molar-refractivity contribution in [3.63, 3.8) is 0 Å². The summed E-state index contributed by atoms with van der Waals surface area (Å²) in [4.78, 5) is 73.5. The first-order chi connectivity index (χ1) is 54.6. The van der Waals surface area contributed by atoms with Gasteiger partial charge in [-0.05, 0) is 31.6 Å². The SMILES string of the molecule is CCCCCCCCCCCCCCCCCCCCCCCC(=O)OC[C@H](COP(=O)(O)OC[C@@H](O)COP(=O)(O)OC[C@@H](COC(=O)CCCCCCCCCCCCCCC)OC(=O)CCCCCCCCCCCCCCCCCC)OC(=O)CCCCCCCCCCCCCCCCCCCCC(C)CC. The van der Waals surface area contributed by atoms with Crippen molar-refractivity contribution >= 4 is 39.5 Å². The Morgan fingerprint density at radius 3 is 0.634 bits per heavy atom. The summed E-state index contributed by atoms with van der Waals surface area (Å²) in [5.74, 6) is -1.22. The van der Waals surface area contributed by atoms with Crippen molar-refractivity contribution < 1.29 is 80.2 Å². The lowest BCUT2D eigenvalue weighted by atomic mass is 9.99. The fourth-order valence-electron chi connectivity index (χ4n) is 14.7. The summed E-state index contributed by atoms with van der Waals surface area (Å²) < 4.78 is 69.1. The second-order valence-corrected chi connectivity index (χ2v) is 36.6. The molecule has 0 spiro atoms. The highest BCUT2D eigenvalue weighted by atomic mass is 31.2. The lowest BCUT2D eigenvalue weighted by Gasteiger charge is -2.21. The van der Waals surface area contributed by atoms with Crippen molar-refractivity contribution in [1.82, 2.24) is 0 Å². The lowest BCUT2D eigenvalue weighted by Crippen LogP contribution is -2.30. The number of rotatable bonds is 93. The molecule has 0 saturated carbocycles. The van der Waals surface area contributed by atoms with E-state index in [4.69, 9.17) is 37.0 Å². The third-order valence-electron chi connectivity index (χ3n) is 22.4. The van der Waals surface area contributed by atoms with Gasteiger partial charge in [0.1, 0.15) is 19.3 Å². The van der Waals surface area contributed by atoms with Crippen molar-refractivity contribution in [2.24, 2.45) is 5.92 Å². The maximum Gasteiger partial charge on any atom is 0.472 e. The Labute approximate surface area is 689 Å². The fourth-order valence-corrected chi connectivity index (χ4v) is 16.3. The standard InChI is InChI=1S/C93H182O17P2/c1-6-10-13-16-19-22-25-28-30-32-33-34-35-39-43-47-52-57-62-67-72-77-91(96)104-83-89(110-93(98)79-74-69-64-59-54-49-44-40-37-36-38-41-46-50-55-60-65-70-75-86(5)9-4)85-108-112(101,102)106-81-87(94)80-105-111(99,100)107-84-88(82-103-90(95)76-71-66-61-56-51-45-27-24-21-18-15-12-8-3)109-92(97)78-73-68-63-58-53-48-42-31-29-26-23-20-17-14-11-7-2/h86-89,94H,6-85H2,1-5H3,(H,99,100)(H,101,102)/t86?,87-,88+,89+/m0/s1. The molecule has 0 amide bonds. The first-order valence-corrected chi connectivity index (χ1v) is 51.2. The average molecular weight is 1630 g/mol. The lowest BCUT2D eigenvalue weighted by molar-refractivity contribution is -0.161. The molecule has 0 rings (SSSR count). The number of hydrogen-bond acceptors (Lipinski definition) is 15. The Morgan fingerprint density at radius 2 is 0.429 bits per heavy atom. The van der Waals surface area contributed by atoms with E-state index in [1.54, 1.807) is 0 Å². The van der Waals surface area contributed by atoms with E-state index in [1.165, 1.54) is 334 Å². The number of carbonyl (C=O) groups is 4. The van der Waals surface area contributed by atoms with Crippen LogP contribution in [0.25, 0.3) is 0 Å². The van der Waals surface area contributed by atoms with Gasteiger partial charge in [0, 0.05) is 25.7 Å². The molecule has 19 heteroatoms. The van der Waals surface area contributed by atoms with Crippen LogP contribution < -0.4 is 0 Å². The number of hydrogen-bond donors (Lipinski definition) is 3. The molecule has 0 aromatic rings. The third-order valence-corrected chi connectivity index (χ3v) is 24.3. The Hall–Kier alpha value is -1.94. The maximum atomic E-state index is 13.2. The highest BCUT2D eigenvalue weighted by molar-refractivity contribution is 7.47. The molecule has 0 heterocycles. The molecule has 112 heavy (non-hydrogen) atoms. The average Bonchev–Trinajstić information content (AvgIpc) is 0.859. The summed E-state index contributed by atoms with van der Waals surface area (Å²) in [7, 11) is -9.94. The van der Waals surface area contributed by atoms with Crippen LogP contribution in [0.15, 0.2) is 0 Å². The fraction of sp³-hybridized carbons (Fsp3) is 0.957. The number of aliphatic hydroxyl groups is 1. The zero-order valence-electron chi connectivity index (χ0n) is 73.8. The minimum atomic E-state index is -4.97. The van der Waals surface area contributed by atoms with E-state index >= 15 is 0 Å². The largest absolute Gasteiger partial charge is 0.472 e. The molecule has 666 valence electrons. The molecule has 6 atom stereocenters. The quantitative estimate of drug-likeness (QED) is 0.0222. The van der Waals surface area contributed by atoms with Crippen molar-refractivity contribution in [3.05, 3.63) is 0 Å². The molecule has 0 aromatic carbocycles. The van der Waals surface area contributed by atoms with Gasteiger partial charge in [0.15, 0.2) is 12.2 Å². The highest BCUT2D eigenvalue weighted by Crippen LogP contribution is 2.45. The zero-order chi connectivity index (χ0) is 81.8. The van der Waals surface area contributed by atoms with E-state index in [-0.39, 0.29) is 25.7 Å². The Balaban J connectivity index is 5.25. The Bertz CT molecular complexity index is 2120. The van der Waals surface area contributed by atoms with E-state index in [2.05, 4.69) is 34.6 Å². The molecule has 3 unspecified atom stereocenters. The Kier molecular flexibility index (Phi) is 84.0. The van der Waals surface area contributed by atoms with E-state index < -0.39 is 97.5 Å². The van der Waals surface area contributed by atoms with E-state index in [0.29, 0.717) is 25.7 Å². The van der Waals surface area contributed by atoms with Crippen LogP contribution in [0.1, 0.15) is 510 Å². The smallest absolute Gasteiger partial charge is 0.462 e. The Morgan fingerprint density at radius 1 is 0.250 bits per heavy atom. The molecule has 17 nitrogen and oxygen atoms in total. The van der Waals surface area contributed by atoms with Crippen LogP contribution >= 0.6 is 15.6 Å². The van der Waals surface area contributed by atoms with Crippen LogP contribution in [-0.4, -0.2) is 96.7 Å². The van der Waals surface area contributed by atoms with Gasteiger partial charge in [-0.2, -0.15) is 0 Å². The number of phosphoric acid groups is 2. The van der Waals surface area contributed by atoms with Gasteiger partial charge in [-0.15, -0.1) is 0 Å². The normalized spacial score (nSPS) is 13.9. The summed E-state index contributed by atoms with van der Waals surface area (Å²) >= 11 is 0. The molecule has 0 aromatic heterocycles. The molecule has 0 fully saturated rings. The molecule has 0 bridgehead atoms. The van der Waals surface area contributed by atoms with E-state index in [9.17, 15) is 43.2 Å². The number of ether oxygens (including phenoxy) is 4. The number of esters is 4. The number of phosphoric ester groups is 2. The predicted octanol–water partition coefficient (Wildman–Crippen LogP) is 29.1. The summed E-state index contributed by atoms with van der Waals surface area (Å²) in [6.07, 6.45) is 81.9. The van der Waals surface area contributed by atoms with Gasteiger partial charge in [-0.3, -0.25) is 37.3 Å². The van der Waals surface area contributed by atoms with Gasteiger partial charge in [-0.1, -0.05) is 458 Å². The highest BCUT2D eigenvalue weighted by Gasteiger charge is 2.31. The summed E-state index contributed by atoms with van der Waals surface area (Å²) in [5.41, 5.74) is 0. The minimum absolute atomic E-state index is 0.109. The maximum absolute atomic E-state index is 13.2. The summed E-state index contributed by atoms with van der Waals surface area (Å²) in [5, 5.41) is 10.7. The third kappa shape index (κ3) is 84.5. The summed E-state index contributed by atoms with van der Waals surface area (Å²) in [6.45, 7) is 7.48. The minimum Gasteiger partial charge on any atom is -0.462 e. The van der Waals surface area contributed by atoms with Crippen LogP contribution in [0.2, 0.25) is 0 Å². The van der Waals surface area contributed by atoms with Crippen LogP contribution in [-0.2, 0) is 65.4 Å². The van der Waals surface area contributed by atoms with Crippen molar-refractivity contribution in [1.29, 1.82) is 0 Å². The molecular weight excluding hydrogens is 1450 g/mol. The van der Waals surface area contributed by atoms with Gasteiger partial charge in [0.25, 0.3) is 0 Å². The van der Waals surface area contributed by atoms with Crippen LogP contribution in [0.3, 0.4) is 0 Å². The van der Waals surface area contributed by atoms with E-state index in [1.807, 2.05) is 0 Å². The summed E-state index contributed by atoms with van der Waals surface area (Å²) in [6, 6.07) is 0. The molecular formula is C93H182O17P2. The first-order valence-electron chi connectivity index (χ1n) is 48.2. The number of aliphatic hydroxyl groups excluding tert-OH is 1. The molecule has 0 saturated heterocycles. The van der Waals surface area contributed by atoms with Crippen LogP contribution in [0.5, 0.6) is 0 Å². The van der Waals surface area contributed by atoms with Crippen molar-refractivity contribution in [2.75, 3.05) is 39.6 Å². The number of unbranched alkanes of at least 4 members (excludes halogenated alkanes) is 64. The van der Waals surface area contributed by atoms with Gasteiger partial charge in [-0.25, -0.2) is 9.13 Å². The molecule has 3 N–H and O–H groups in total. The van der Waals surface area contributed by atoms with E-state index in [0.717, 1.165) is 95.8 Å². The second-order valence-electron chi connectivity index (χ2n) is 33.6.